The number of nitro benzene ring substituents is 1. The summed E-state index contributed by atoms with van der Waals surface area (Å²) in [7, 11) is 0. The highest BCUT2D eigenvalue weighted by Crippen LogP contribution is 2.26. The van der Waals surface area contributed by atoms with Gasteiger partial charge in [0.15, 0.2) is 0 Å². The summed E-state index contributed by atoms with van der Waals surface area (Å²) in [4.78, 5) is 48.1. The average Bonchev–Trinajstić information content (AvgIpc) is 2.88. The molecular weight excluding hydrogens is 494 g/mol. The summed E-state index contributed by atoms with van der Waals surface area (Å²) in [6, 6.07) is 21.0. The quantitative estimate of drug-likeness (QED) is 0.155. The number of hydrogen-bond donors (Lipinski definition) is 3. The number of anilines is 2. The van der Waals surface area contributed by atoms with Crippen molar-refractivity contribution in [3.63, 3.8) is 0 Å². The Morgan fingerprint density at radius 3 is 2.22 bits per heavy atom. The van der Waals surface area contributed by atoms with E-state index in [4.69, 9.17) is 0 Å². The maximum absolute atomic E-state index is 13.0. The fourth-order valence-corrected chi connectivity index (χ4v) is 4.48. The zero-order chi connectivity index (χ0) is 26.5. The topological polar surface area (TPSA) is 139 Å². The van der Waals surface area contributed by atoms with Gasteiger partial charge >= 0.3 is 5.97 Å². The molecule has 9 nitrogen and oxygen atoms in total. The molecule has 0 atom stereocenters. The van der Waals surface area contributed by atoms with Gasteiger partial charge in [0.1, 0.15) is 0 Å². The van der Waals surface area contributed by atoms with Crippen LogP contribution < -0.4 is 10.6 Å². The van der Waals surface area contributed by atoms with Gasteiger partial charge in [-0.2, -0.15) is 0 Å². The molecule has 37 heavy (non-hydrogen) atoms. The molecule has 2 amide bonds. The standard InChI is InChI=1S/C27H21N3O6S/c1-16-14-19(30(35)36)10-13-23(16)29-24(31)15-37-20-11-8-18(9-12-20)28-26(32)21-6-2-4-17-5-3-7-22(25(17)21)27(33)34/h2-14H,15H2,1H3,(H,28,32)(H,29,31)(H,33,34). The molecule has 0 aliphatic heterocycles. The summed E-state index contributed by atoms with van der Waals surface area (Å²) in [5, 5.41) is 27.0. The molecule has 0 bridgehead atoms. The van der Waals surface area contributed by atoms with Gasteiger partial charge in [-0.25, -0.2) is 4.79 Å². The first-order chi connectivity index (χ1) is 17.7. The molecule has 0 aromatic heterocycles. The van der Waals surface area contributed by atoms with E-state index in [0.717, 1.165) is 4.90 Å². The van der Waals surface area contributed by atoms with E-state index in [9.17, 15) is 29.6 Å². The number of carbonyl (C=O) groups is 3. The first kappa shape index (κ1) is 25.4. The van der Waals surface area contributed by atoms with Gasteiger partial charge in [0, 0.05) is 39.4 Å². The monoisotopic (exact) mass is 515 g/mol. The van der Waals surface area contributed by atoms with Crippen LogP contribution in [0.1, 0.15) is 26.3 Å². The van der Waals surface area contributed by atoms with Crippen molar-refractivity contribution in [1.82, 2.24) is 0 Å². The van der Waals surface area contributed by atoms with Crippen LogP contribution in [0.15, 0.2) is 83.8 Å². The molecule has 0 radical (unpaired) electrons. The van der Waals surface area contributed by atoms with Crippen molar-refractivity contribution in [3.05, 3.63) is 106 Å². The number of nitrogens with one attached hydrogen (secondary N) is 2. The molecule has 4 rings (SSSR count). The summed E-state index contributed by atoms with van der Waals surface area (Å²) in [5.41, 5.74) is 1.89. The van der Waals surface area contributed by atoms with Crippen LogP contribution in [0.5, 0.6) is 0 Å². The lowest BCUT2D eigenvalue weighted by molar-refractivity contribution is -0.384. The van der Waals surface area contributed by atoms with Gasteiger partial charge in [-0.1, -0.05) is 24.3 Å². The summed E-state index contributed by atoms with van der Waals surface area (Å²) in [5.74, 6) is -1.68. The number of thioether (sulfide) groups is 1. The van der Waals surface area contributed by atoms with Crippen molar-refractivity contribution in [1.29, 1.82) is 0 Å². The number of aromatic carboxylic acids is 1. The highest BCUT2D eigenvalue weighted by atomic mass is 32.2. The number of aryl methyl sites for hydroxylation is 1. The second-order valence-electron chi connectivity index (χ2n) is 8.09. The minimum Gasteiger partial charge on any atom is -0.478 e. The minimum atomic E-state index is -1.11. The number of carbonyl (C=O) groups excluding carboxylic acids is 2. The third-order valence-electron chi connectivity index (χ3n) is 5.56. The second-order valence-corrected chi connectivity index (χ2v) is 9.13. The molecule has 0 saturated heterocycles. The van der Waals surface area contributed by atoms with Crippen LogP contribution >= 0.6 is 11.8 Å². The molecule has 0 fully saturated rings. The van der Waals surface area contributed by atoms with Gasteiger partial charge in [-0.15, -0.1) is 11.8 Å². The molecule has 10 heteroatoms. The molecule has 0 saturated carbocycles. The summed E-state index contributed by atoms with van der Waals surface area (Å²) < 4.78 is 0. The molecule has 186 valence electrons. The SMILES string of the molecule is Cc1cc([N+](=O)[O-])ccc1NC(=O)CSc1ccc(NC(=O)c2cccc3cccc(C(=O)O)c23)cc1. The van der Waals surface area contributed by atoms with Crippen LogP contribution in [0.3, 0.4) is 0 Å². The van der Waals surface area contributed by atoms with Crippen molar-refractivity contribution in [3.8, 4) is 0 Å². The Labute approximate surface area is 215 Å². The number of carboxylic acid groups (broad SMARTS) is 1. The Balaban J connectivity index is 1.39. The van der Waals surface area contributed by atoms with Crippen molar-refractivity contribution < 1.29 is 24.4 Å². The van der Waals surface area contributed by atoms with E-state index in [2.05, 4.69) is 10.6 Å². The second kappa shape index (κ2) is 10.9. The molecule has 4 aromatic carbocycles. The van der Waals surface area contributed by atoms with Crippen LogP contribution in [0.4, 0.5) is 17.1 Å². The number of rotatable bonds is 8. The van der Waals surface area contributed by atoms with Gasteiger partial charge in [-0.3, -0.25) is 19.7 Å². The minimum absolute atomic E-state index is 0.0418. The number of benzene rings is 4. The number of carboxylic acids is 1. The van der Waals surface area contributed by atoms with Crippen LogP contribution in [-0.2, 0) is 4.79 Å². The first-order valence-electron chi connectivity index (χ1n) is 11.1. The molecule has 0 unspecified atom stereocenters. The molecule has 0 aliphatic carbocycles. The summed E-state index contributed by atoms with van der Waals surface area (Å²) in [6.07, 6.45) is 0. The Bertz CT molecular complexity index is 1530. The predicted molar refractivity (Wildman–Crippen MR) is 142 cm³/mol. The number of nitro groups is 1. The normalized spacial score (nSPS) is 10.6. The highest BCUT2D eigenvalue weighted by Gasteiger charge is 2.17. The maximum Gasteiger partial charge on any atom is 0.336 e. The maximum atomic E-state index is 13.0. The van der Waals surface area contributed by atoms with Crippen LogP contribution in [-0.4, -0.2) is 33.6 Å². The Kier molecular flexibility index (Phi) is 7.49. The van der Waals surface area contributed by atoms with Gasteiger partial charge in [-0.05, 0) is 60.3 Å². The fourth-order valence-electron chi connectivity index (χ4n) is 3.78. The average molecular weight is 516 g/mol. The largest absolute Gasteiger partial charge is 0.478 e. The van der Waals surface area contributed by atoms with Crippen LogP contribution in [0.2, 0.25) is 0 Å². The zero-order valence-electron chi connectivity index (χ0n) is 19.6. The van der Waals surface area contributed by atoms with E-state index < -0.39 is 16.8 Å². The lowest BCUT2D eigenvalue weighted by atomic mass is 9.98. The zero-order valence-corrected chi connectivity index (χ0v) is 20.4. The Morgan fingerprint density at radius 1 is 0.919 bits per heavy atom. The molecule has 3 N–H and O–H groups in total. The van der Waals surface area contributed by atoms with Crippen LogP contribution in [0.25, 0.3) is 10.8 Å². The number of nitrogens with zero attached hydrogens (tertiary/aromatic N) is 1. The van der Waals surface area contributed by atoms with E-state index in [1.807, 2.05) is 0 Å². The van der Waals surface area contributed by atoms with E-state index in [-0.39, 0.29) is 28.5 Å². The van der Waals surface area contributed by atoms with E-state index in [1.165, 1.54) is 36.0 Å². The number of amides is 2. The number of hydrogen-bond acceptors (Lipinski definition) is 6. The third-order valence-corrected chi connectivity index (χ3v) is 6.57. The molecule has 0 heterocycles. The van der Waals surface area contributed by atoms with E-state index in [1.54, 1.807) is 61.5 Å². The lowest BCUT2D eigenvalue weighted by Crippen LogP contribution is -2.15. The first-order valence-corrected chi connectivity index (χ1v) is 12.1. The highest BCUT2D eigenvalue weighted by molar-refractivity contribution is 8.00. The Hall–Kier alpha value is -4.70. The smallest absolute Gasteiger partial charge is 0.336 e. The fraction of sp³-hybridized carbons (Fsp3) is 0.0741. The molecule has 4 aromatic rings. The van der Waals surface area contributed by atoms with Gasteiger partial charge in [0.25, 0.3) is 11.6 Å². The Morgan fingerprint density at radius 2 is 1.59 bits per heavy atom. The van der Waals surface area contributed by atoms with Gasteiger partial charge < -0.3 is 15.7 Å². The molecule has 0 aliphatic rings. The number of non-ortho nitro benzene ring substituents is 1. The molecule has 0 spiro atoms. The van der Waals surface area contributed by atoms with Gasteiger partial charge in [0.05, 0.1) is 16.2 Å². The van der Waals surface area contributed by atoms with Crippen molar-refractivity contribution in [2.45, 2.75) is 11.8 Å². The summed E-state index contributed by atoms with van der Waals surface area (Å²) in [6.45, 7) is 1.68. The van der Waals surface area contributed by atoms with Crippen molar-refractivity contribution in [2.24, 2.45) is 0 Å². The third kappa shape index (κ3) is 5.93. The predicted octanol–water partition coefficient (Wildman–Crippen LogP) is 5.74. The van der Waals surface area contributed by atoms with E-state index >= 15 is 0 Å². The summed E-state index contributed by atoms with van der Waals surface area (Å²) >= 11 is 1.29. The molecular formula is C27H21N3O6S. The van der Waals surface area contributed by atoms with Crippen molar-refractivity contribution in [2.75, 3.05) is 16.4 Å². The van der Waals surface area contributed by atoms with E-state index in [0.29, 0.717) is 27.7 Å². The number of fused-ring (bicyclic) bond motifs is 1. The van der Waals surface area contributed by atoms with Crippen LogP contribution in [0, 0.1) is 17.0 Å². The lowest BCUT2D eigenvalue weighted by Gasteiger charge is -2.11. The van der Waals surface area contributed by atoms with Gasteiger partial charge in [0.2, 0.25) is 5.91 Å². The van der Waals surface area contributed by atoms with Crippen molar-refractivity contribution >= 4 is 57.4 Å².